The maximum Gasteiger partial charge on any atom is 0.258 e. The van der Waals surface area contributed by atoms with Crippen LogP contribution in [0.2, 0.25) is 5.02 Å². The Morgan fingerprint density at radius 1 is 1.22 bits per heavy atom. The summed E-state index contributed by atoms with van der Waals surface area (Å²) in [6.45, 7) is 5.35. The minimum absolute atomic E-state index is 0.253. The largest absolute Gasteiger partial charge is 0.494 e. The third kappa shape index (κ3) is 3.46. The van der Waals surface area contributed by atoms with Crippen molar-refractivity contribution in [1.29, 1.82) is 0 Å². The maximum atomic E-state index is 10.8. The Morgan fingerprint density at radius 2 is 2.06 bits per heavy atom. The molecule has 0 aliphatic carbocycles. The second-order valence-corrected chi connectivity index (χ2v) is 9.34. The van der Waals surface area contributed by atoms with E-state index in [4.69, 9.17) is 16.1 Å². The van der Waals surface area contributed by atoms with Gasteiger partial charge in [-0.25, -0.2) is 0 Å². The Kier molecular flexibility index (Phi) is 4.71. The van der Waals surface area contributed by atoms with Gasteiger partial charge in [0, 0.05) is 52.7 Å². The van der Waals surface area contributed by atoms with Crippen molar-refractivity contribution in [3.63, 3.8) is 0 Å². The molecule has 2 aromatic heterocycles. The molecule has 2 aliphatic rings. The number of fused-ring (bicyclic) bond motifs is 3. The number of hydrogen-bond donors (Lipinski definition) is 2. The highest BCUT2D eigenvalue weighted by Crippen LogP contribution is 2.34. The zero-order chi connectivity index (χ0) is 21.8. The van der Waals surface area contributed by atoms with E-state index >= 15 is 0 Å². The lowest BCUT2D eigenvalue weighted by molar-refractivity contribution is 0.210. The van der Waals surface area contributed by atoms with E-state index in [1.807, 2.05) is 54.1 Å². The lowest BCUT2D eigenvalue weighted by Crippen LogP contribution is -2.43. The van der Waals surface area contributed by atoms with Crippen molar-refractivity contribution in [2.24, 2.45) is 0 Å². The first-order chi connectivity index (χ1) is 15.5. The van der Waals surface area contributed by atoms with Crippen molar-refractivity contribution < 1.29 is 9.63 Å². The fourth-order valence-corrected chi connectivity index (χ4v) is 5.21. The average Bonchev–Trinajstić information content (AvgIpc) is 3.55. The molecule has 2 bridgehead atoms. The van der Waals surface area contributed by atoms with Gasteiger partial charge in [0.15, 0.2) is 11.7 Å². The lowest BCUT2D eigenvalue weighted by atomic mass is 10.1. The summed E-state index contributed by atoms with van der Waals surface area (Å²) < 4.78 is 7.45. The second kappa shape index (κ2) is 7.62. The fourth-order valence-electron chi connectivity index (χ4n) is 5.08. The molecular formula is C24H24ClN5O2. The van der Waals surface area contributed by atoms with E-state index in [0.717, 1.165) is 40.6 Å². The molecule has 0 spiro atoms. The Balaban J connectivity index is 1.27. The molecule has 8 heteroatoms. The van der Waals surface area contributed by atoms with Gasteiger partial charge in [0.05, 0.1) is 13.1 Å². The molecule has 2 aromatic carbocycles. The van der Waals surface area contributed by atoms with E-state index < -0.39 is 0 Å². The van der Waals surface area contributed by atoms with Gasteiger partial charge in [-0.15, -0.1) is 0 Å². The number of likely N-dealkylation sites (tertiary alicyclic amines) is 1. The molecule has 7 nitrogen and oxygen atoms in total. The van der Waals surface area contributed by atoms with E-state index in [9.17, 15) is 5.11 Å². The van der Waals surface area contributed by atoms with Crippen molar-refractivity contribution in [2.45, 2.75) is 38.5 Å². The van der Waals surface area contributed by atoms with Crippen molar-refractivity contribution >= 4 is 22.4 Å². The smallest absolute Gasteiger partial charge is 0.258 e. The maximum absolute atomic E-state index is 10.8. The van der Waals surface area contributed by atoms with Gasteiger partial charge in [-0.1, -0.05) is 28.9 Å². The predicted octanol–water partition coefficient (Wildman–Crippen LogP) is 3.95. The van der Waals surface area contributed by atoms with E-state index in [2.05, 4.69) is 20.4 Å². The molecular weight excluding hydrogens is 426 g/mol. The SMILES string of the molecule is Cc1cc(-c2nc(CN3CC4CC3CN4)no2)cc2cn(Cc3ccc(Cl)cc3)c(O)c12. The molecule has 2 atom stereocenters. The molecule has 164 valence electrons. The topological polar surface area (TPSA) is 79.4 Å². The number of nitrogens with zero attached hydrogens (tertiary/aromatic N) is 4. The summed E-state index contributed by atoms with van der Waals surface area (Å²) in [7, 11) is 0. The summed E-state index contributed by atoms with van der Waals surface area (Å²) >= 11 is 5.99. The number of piperazine rings is 1. The Labute approximate surface area is 190 Å². The molecule has 0 amide bonds. The summed E-state index contributed by atoms with van der Waals surface area (Å²) in [5.41, 5.74) is 2.89. The summed E-state index contributed by atoms with van der Waals surface area (Å²) in [6, 6.07) is 12.8. The molecule has 2 unspecified atom stereocenters. The Morgan fingerprint density at radius 3 is 2.81 bits per heavy atom. The van der Waals surface area contributed by atoms with Crippen LogP contribution in [0.1, 0.15) is 23.4 Å². The van der Waals surface area contributed by atoms with E-state index in [1.165, 1.54) is 6.42 Å². The average molecular weight is 450 g/mol. The quantitative estimate of drug-likeness (QED) is 0.480. The van der Waals surface area contributed by atoms with Crippen molar-refractivity contribution in [2.75, 3.05) is 13.1 Å². The molecule has 2 fully saturated rings. The number of nitrogens with one attached hydrogen (secondary N) is 1. The fraction of sp³-hybridized carbons (Fsp3) is 0.333. The normalized spacial score (nSPS) is 20.6. The van der Waals surface area contributed by atoms with Gasteiger partial charge in [0.2, 0.25) is 0 Å². The number of benzene rings is 2. The van der Waals surface area contributed by atoms with Crippen LogP contribution in [0.15, 0.2) is 47.1 Å². The highest BCUT2D eigenvalue weighted by atomic mass is 35.5. The molecule has 0 radical (unpaired) electrons. The number of aromatic hydroxyl groups is 1. The first-order valence-electron chi connectivity index (χ1n) is 10.9. The van der Waals surface area contributed by atoms with Crippen molar-refractivity contribution in [3.05, 3.63) is 64.6 Å². The zero-order valence-electron chi connectivity index (χ0n) is 17.8. The summed E-state index contributed by atoms with van der Waals surface area (Å²) in [4.78, 5) is 7.09. The van der Waals surface area contributed by atoms with Gasteiger partial charge in [0.1, 0.15) is 0 Å². The Hall–Kier alpha value is -2.87. The molecule has 2 aliphatic heterocycles. The van der Waals surface area contributed by atoms with Gasteiger partial charge < -0.3 is 19.5 Å². The van der Waals surface area contributed by atoms with E-state index in [-0.39, 0.29) is 5.88 Å². The van der Waals surface area contributed by atoms with Crippen LogP contribution in [-0.2, 0) is 13.1 Å². The minimum Gasteiger partial charge on any atom is -0.494 e. The number of aromatic nitrogens is 3. The van der Waals surface area contributed by atoms with Crippen LogP contribution in [0.3, 0.4) is 0 Å². The molecule has 2 saturated heterocycles. The van der Waals surface area contributed by atoms with Crippen molar-refractivity contribution in [3.8, 4) is 17.3 Å². The van der Waals surface area contributed by atoms with Gasteiger partial charge in [-0.2, -0.15) is 4.98 Å². The molecule has 0 saturated carbocycles. The van der Waals surface area contributed by atoms with Crippen LogP contribution in [-0.4, -0.2) is 49.9 Å². The standard InChI is InChI=1S/C24H24ClN5O2/c1-14-6-16(23-27-21(28-32-23)13-29-12-19-8-20(29)9-26-19)7-17-11-30(24(31)22(14)17)10-15-2-4-18(25)5-3-15/h2-7,11,19-20,26,31H,8-10,12-13H2,1H3. The minimum atomic E-state index is 0.253. The Bertz CT molecular complexity index is 1300. The number of halogens is 1. The molecule has 4 aromatic rings. The van der Waals surface area contributed by atoms with Gasteiger partial charge in [-0.3, -0.25) is 4.90 Å². The number of aryl methyl sites for hydroxylation is 1. The van der Waals surface area contributed by atoms with Crippen LogP contribution in [0.5, 0.6) is 5.88 Å². The third-order valence-corrected chi connectivity index (χ3v) is 6.90. The first-order valence-corrected chi connectivity index (χ1v) is 11.3. The summed E-state index contributed by atoms with van der Waals surface area (Å²) in [5, 5.41) is 21.0. The third-order valence-electron chi connectivity index (χ3n) is 6.65. The first kappa shape index (κ1) is 19.8. The highest BCUT2D eigenvalue weighted by Gasteiger charge is 2.37. The van der Waals surface area contributed by atoms with Gasteiger partial charge >= 0.3 is 0 Å². The molecule has 4 heterocycles. The zero-order valence-corrected chi connectivity index (χ0v) is 18.5. The van der Waals surface area contributed by atoms with Crippen molar-refractivity contribution in [1.82, 2.24) is 24.9 Å². The van der Waals surface area contributed by atoms with E-state index in [1.54, 1.807) is 0 Å². The molecule has 32 heavy (non-hydrogen) atoms. The van der Waals surface area contributed by atoms with E-state index in [0.29, 0.717) is 41.9 Å². The molecule has 6 rings (SSSR count). The number of rotatable bonds is 5. The number of hydrogen-bond acceptors (Lipinski definition) is 6. The predicted molar refractivity (Wildman–Crippen MR) is 123 cm³/mol. The monoisotopic (exact) mass is 449 g/mol. The van der Waals surface area contributed by atoms with Crippen LogP contribution in [0.4, 0.5) is 0 Å². The van der Waals surface area contributed by atoms with Crippen LogP contribution >= 0.6 is 11.6 Å². The summed E-state index contributed by atoms with van der Waals surface area (Å²) in [6.07, 6.45) is 3.16. The van der Waals surface area contributed by atoms with Crippen LogP contribution in [0.25, 0.3) is 22.2 Å². The van der Waals surface area contributed by atoms with Crippen LogP contribution < -0.4 is 5.32 Å². The highest BCUT2D eigenvalue weighted by molar-refractivity contribution is 6.30. The summed E-state index contributed by atoms with van der Waals surface area (Å²) in [5.74, 6) is 1.48. The molecule has 2 N–H and O–H groups in total. The second-order valence-electron chi connectivity index (χ2n) is 8.90. The van der Waals surface area contributed by atoms with Gasteiger partial charge in [-0.05, 0) is 48.7 Å². The van der Waals surface area contributed by atoms with Gasteiger partial charge in [0.25, 0.3) is 5.89 Å². The van der Waals surface area contributed by atoms with Crippen LogP contribution in [0, 0.1) is 6.92 Å². The lowest BCUT2D eigenvalue weighted by Gasteiger charge is -2.25.